The molecule has 0 aromatic carbocycles. The Morgan fingerprint density at radius 3 is 2.60 bits per heavy atom. The predicted molar refractivity (Wildman–Crippen MR) is 67.3 cm³/mol. The monoisotopic (exact) mass is 338 g/mol. The molecule has 0 unspecified atom stereocenters. The zero-order chi connectivity index (χ0) is 10.8. The Morgan fingerprint density at radius 2 is 2.00 bits per heavy atom. The standard InChI is InChI=1S/C10H12ClIN2O/c1-6-8(12)9(11)14-10(13-6)7-2-4-15-5-3-7/h7H,2-5H2,1H3. The average molecular weight is 339 g/mol. The molecule has 3 nitrogen and oxygen atoms in total. The highest BCUT2D eigenvalue weighted by Gasteiger charge is 2.20. The van der Waals surface area contributed by atoms with Gasteiger partial charge in [-0.15, -0.1) is 0 Å². The van der Waals surface area contributed by atoms with Crippen LogP contribution in [0.2, 0.25) is 5.15 Å². The van der Waals surface area contributed by atoms with Crippen LogP contribution in [-0.2, 0) is 4.74 Å². The second-order valence-corrected chi connectivity index (χ2v) is 5.10. The smallest absolute Gasteiger partial charge is 0.146 e. The van der Waals surface area contributed by atoms with Crippen LogP contribution in [0.1, 0.15) is 30.3 Å². The number of hydrogen-bond donors (Lipinski definition) is 0. The first-order valence-electron chi connectivity index (χ1n) is 4.95. The van der Waals surface area contributed by atoms with Gasteiger partial charge in [0.2, 0.25) is 0 Å². The van der Waals surface area contributed by atoms with Crippen LogP contribution in [0.3, 0.4) is 0 Å². The molecule has 5 heteroatoms. The molecule has 0 amide bonds. The molecule has 1 fully saturated rings. The Bertz CT molecular complexity index is 343. The van der Waals surface area contributed by atoms with Crippen LogP contribution in [0.5, 0.6) is 0 Å². The maximum Gasteiger partial charge on any atom is 0.146 e. The summed E-state index contributed by atoms with van der Waals surface area (Å²) in [5.41, 5.74) is 0.970. The van der Waals surface area contributed by atoms with Crippen molar-refractivity contribution in [3.8, 4) is 0 Å². The van der Waals surface area contributed by atoms with Gasteiger partial charge in [-0.25, -0.2) is 9.97 Å². The lowest BCUT2D eigenvalue weighted by Gasteiger charge is -2.21. The van der Waals surface area contributed by atoms with Gasteiger partial charge in [-0.2, -0.15) is 0 Å². The Kier molecular flexibility index (Phi) is 3.79. The van der Waals surface area contributed by atoms with E-state index in [-0.39, 0.29) is 0 Å². The summed E-state index contributed by atoms with van der Waals surface area (Å²) in [6.45, 7) is 3.57. The van der Waals surface area contributed by atoms with Crippen LogP contribution in [0.4, 0.5) is 0 Å². The molecule has 15 heavy (non-hydrogen) atoms. The lowest BCUT2D eigenvalue weighted by atomic mass is 9.99. The van der Waals surface area contributed by atoms with Crippen molar-refractivity contribution < 1.29 is 4.74 Å². The molecule has 0 atom stereocenters. The molecule has 82 valence electrons. The molecule has 0 spiro atoms. The average Bonchev–Trinajstić information content (AvgIpc) is 2.26. The zero-order valence-electron chi connectivity index (χ0n) is 8.46. The van der Waals surface area contributed by atoms with Crippen molar-refractivity contribution in [2.75, 3.05) is 13.2 Å². The predicted octanol–water partition coefficient (Wildman–Crippen LogP) is 2.94. The van der Waals surface area contributed by atoms with E-state index in [1.54, 1.807) is 0 Å². The third-order valence-corrected chi connectivity index (χ3v) is 4.46. The molecule has 2 rings (SSSR count). The van der Waals surface area contributed by atoms with Crippen LogP contribution in [0, 0.1) is 10.5 Å². The first-order chi connectivity index (χ1) is 7.18. The summed E-state index contributed by atoms with van der Waals surface area (Å²) in [5, 5.41) is 0.574. The van der Waals surface area contributed by atoms with E-state index in [1.807, 2.05) is 6.92 Å². The second kappa shape index (κ2) is 4.93. The maximum absolute atomic E-state index is 6.05. The first kappa shape index (κ1) is 11.5. The molecule has 0 saturated carbocycles. The third-order valence-electron chi connectivity index (χ3n) is 2.58. The molecule has 0 radical (unpaired) electrons. The van der Waals surface area contributed by atoms with Gasteiger partial charge in [0.25, 0.3) is 0 Å². The van der Waals surface area contributed by atoms with Gasteiger partial charge >= 0.3 is 0 Å². The highest BCUT2D eigenvalue weighted by molar-refractivity contribution is 14.1. The molecule has 2 heterocycles. The largest absolute Gasteiger partial charge is 0.381 e. The van der Waals surface area contributed by atoms with Gasteiger partial charge in [0, 0.05) is 19.1 Å². The van der Waals surface area contributed by atoms with Crippen LogP contribution in [-0.4, -0.2) is 23.2 Å². The molecular weight excluding hydrogens is 326 g/mol. The minimum absolute atomic E-state index is 0.409. The van der Waals surface area contributed by atoms with Crippen molar-refractivity contribution in [1.82, 2.24) is 9.97 Å². The van der Waals surface area contributed by atoms with Gasteiger partial charge in [-0.3, -0.25) is 0 Å². The van der Waals surface area contributed by atoms with Gasteiger partial charge in [-0.05, 0) is 42.4 Å². The molecule has 1 aromatic rings. The van der Waals surface area contributed by atoms with Crippen molar-refractivity contribution in [2.45, 2.75) is 25.7 Å². The summed E-state index contributed by atoms with van der Waals surface area (Å²) < 4.78 is 6.26. The summed E-state index contributed by atoms with van der Waals surface area (Å²) >= 11 is 8.22. The molecular formula is C10H12ClIN2O. The van der Waals surface area contributed by atoms with Gasteiger partial charge in [-0.1, -0.05) is 11.6 Å². The van der Waals surface area contributed by atoms with Crippen LogP contribution < -0.4 is 0 Å². The minimum Gasteiger partial charge on any atom is -0.381 e. The normalized spacial score (nSPS) is 18.1. The van der Waals surface area contributed by atoms with Gasteiger partial charge in [0.05, 0.1) is 9.26 Å². The van der Waals surface area contributed by atoms with E-state index in [1.165, 1.54) is 0 Å². The SMILES string of the molecule is Cc1nc(C2CCOCC2)nc(Cl)c1I. The number of ether oxygens (including phenoxy) is 1. The van der Waals surface area contributed by atoms with Gasteiger partial charge < -0.3 is 4.74 Å². The van der Waals surface area contributed by atoms with Crippen molar-refractivity contribution in [1.29, 1.82) is 0 Å². The van der Waals surface area contributed by atoms with Crippen molar-refractivity contribution >= 4 is 34.2 Å². The van der Waals surface area contributed by atoms with Gasteiger partial charge in [0.1, 0.15) is 11.0 Å². The Balaban J connectivity index is 2.27. The fourth-order valence-electron chi connectivity index (χ4n) is 1.68. The van der Waals surface area contributed by atoms with Crippen molar-refractivity contribution in [2.24, 2.45) is 0 Å². The van der Waals surface area contributed by atoms with Crippen LogP contribution in [0.25, 0.3) is 0 Å². The van der Waals surface area contributed by atoms with E-state index in [0.717, 1.165) is 41.1 Å². The van der Waals surface area contributed by atoms with E-state index in [2.05, 4.69) is 32.6 Å². The topological polar surface area (TPSA) is 35.0 Å². The highest BCUT2D eigenvalue weighted by atomic mass is 127. The number of aryl methyl sites for hydroxylation is 1. The molecule has 0 bridgehead atoms. The van der Waals surface area contributed by atoms with E-state index in [4.69, 9.17) is 16.3 Å². The minimum atomic E-state index is 0.409. The number of hydrogen-bond acceptors (Lipinski definition) is 3. The maximum atomic E-state index is 6.05. The number of nitrogens with zero attached hydrogens (tertiary/aromatic N) is 2. The lowest BCUT2D eigenvalue weighted by Crippen LogP contribution is -2.17. The number of aromatic nitrogens is 2. The third kappa shape index (κ3) is 2.60. The zero-order valence-corrected chi connectivity index (χ0v) is 11.4. The van der Waals surface area contributed by atoms with E-state index in [9.17, 15) is 0 Å². The van der Waals surface area contributed by atoms with E-state index < -0.39 is 0 Å². The first-order valence-corrected chi connectivity index (χ1v) is 6.41. The fraction of sp³-hybridized carbons (Fsp3) is 0.600. The Labute approximate surface area is 108 Å². The molecule has 1 aromatic heterocycles. The summed E-state index contributed by atoms with van der Waals surface area (Å²) in [6.07, 6.45) is 1.99. The molecule has 1 saturated heterocycles. The van der Waals surface area contributed by atoms with E-state index in [0.29, 0.717) is 11.1 Å². The second-order valence-electron chi connectivity index (χ2n) is 3.66. The molecule has 0 N–H and O–H groups in total. The van der Waals surface area contributed by atoms with Crippen molar-refractivity contribution in [3.63, 3.8) is 0 Å². The van der Waals surface area contributed by atoms with Crippen LogP contribution in [0.15, 0.2) is 0 Å². The summed E-state index contributed by atoms with van der Waals surface area (Å²) in [4.78, 5) is 8.85. The quantitative estimate of drug-likeness (QED) is 0.583. The summed E-state index contributed by atoms with van der Waals surface area (Å²) in [7, 11) is 0. The van der Waals surface area contributed by atoms with E-state index >= 15 is 0 Å². The Hall–Kier alpha value is 0.0600. The lowest BCUT2D eigenvalue weighted by molar-refractivity contribution is 0.0835. The van der Waals surface area contributed by atoms with Crippen molar-refractivity contribution in [3.05, 3.63) is 20.2 Å². The highest BCUT2D eigenvalue weighted by Crippen LogP contribution is 2.27. The number of rotatable bonds is 1. The number of halogens is 2. The molecule has 1 aliphatic rings. The Morgan fingerprint density at radius 1 is 1.33 bits per heavy atom. The van der Waals surface area contributed by atoms with Gasteiger partial charge in [0.15, 0.2) is 0 Å². The molecule has 1 aliphatic heterocycles. The summed E-state index contributed by atoms with van der Waals surface area (Å²) in [5.74, 6) is 1.29. The fourth-order valence-corrected chi connectivity index (χ4v) is 2.15. The molecule has 0 aliphatic carbocycles. The van der Waals surface area contributed by atoms with Crippen LogP contribution >= 0.6 is 34.2 Å². The summed E-state index contributed by atoms with van der Waals surface area (Å²) in [6, 6.07) is 0.